The molecule has 0 spiro atoms. The van der Waals surface area contributed by atoms with Gasteiger partial charge in [0.25, 0.3) is 5.91 Å². The summed E-state index contributed by atoms with van der Waals surface area (Å²) in [6, 6.07) is 7.16. The van der Waals surface area contributed by atoms with E-state index in [1.54, 1.807) is 30.1 Å². The van der Waals surface area contributed by atoms with Crippen molar-refractivity contribution in [1.29, 1.82) is 0 Å². The Bertz CT molecular complexity index is 507. The Labute approximate surface area is 120 Å². The second kappa shape index (κ2) is 6.07. The number of hydrogen-bond donors (Lipinski definition) is 1. The molecule has 0 atom stereocenters. The molecule has 1 aromatic rings. The van der Waals surface area contributed by atoms with Gasteiger partial charge in [-0.1, -0.05) is 19.9 Å². The molecule has 4 heteroatoms. The van der Waals surface area contributed by atoms with Gasteiger partial charge in [-0.05, 0) is 37.0 Å². The van der Waals surface area contributed by atoms with Crippen LogP contribution in [0.3, 0.4) is 0 Å². The Balaban J connectivity index is 2.04. The lowest BCUT2D eigenvalue weighted by Crippen LogP contribution is -2.30. The number of anilines is 1. The van der Waals surface area contributed by atoms with Crippen LogP contribution in [0.5, 0.6) is 0 Å². The van der Waals surface area contributed by atoms with Gasteiger partial charge in [0, 0.05) is 30.8 Å². The van der Waals surface area contributed by atoms with Gasteiger partial charge in [-0.25, -0.2) is 0 Å². The lowest BCUT2D eigenvalue weighted by atomic mass is 10.1. The van der Waals surface area contributed by atoms with Crippen LogP contribution in [0.1, 0.15) is 37.0 Å². The van der Waals surface area contributed by atoms with Crippen molar-refractivity contribution in [3.63, 3.8) is 0 Å². The monoisotopic (exact) mass is 274 g/mol. The molecular formula is C16H22N2O2. The Morgan fingerprint density at radius 1 is 1.35 bits per heavy atom. The van der Waals surface area contributed by atoms with Gasteiger partial charge in [-0.15, -0.1) is 0 Å². The first-order valence-electron chi connectivity index (χ1n) is 7.13. The van der Waals surface area contributed by atoms with E-state index in [1.165, 1.54) is 0 Å². The average molecular weight is 274 g/mol. The third kappa shape index (κ3) is 3.83. The van der Waals surface area contributed by atoms with Crippen molar-refractivity contribution in [1.82, 2.24) is 4.90 Å². The summed E-state index contributed by atoms with van der Waals surface area (Å²) in [5, 5.41) is 2.87. The van der Waals surface area contributed by atoms with E-state index in [9.17, 15) is 9.59 Å². The van der Waals surface area contributed by atoms with Crippen molar-refractivity contribution in [2.45, 2.75) is 26.7 Å². The van der Waals surface area contributed by atoms with E-state index in [4.69, 9.17) is 0 Å². The number of benzene rings is 1. The minimum absolute atomic E-state index is 0.0128. The lowest BCUT2D eigenvalue weighted by molar-refractivity contribution is -0.117. The first kappa shape index (κ1) is 14.6. The van der Waals surface area contributed by atoms with Gasteiger partial charge in [-0.3, -0.25) is 9.59 Å². The van der Waals surface area contributed by atoms with E-state index in [1.807, 2.05) is 6.07 Å². The van der Waals surface area contributed by atoms with Crippen molar-refractivity contribution in [2.75, 3.05) is 18.9 Å². The van der Waals surface area contributed by atoms with Gasteiger partial charge in [0.2, 0.25) is 5.91 Å². The summed E-state index contributed by atoms with van der Waals surface area (Å²) in [7, 11) is 1.80. The van der Waals surface area contributed by atoms with Crippen molar-refractivity contribution in [3.8, 4) is 0 Å². The maximum atomic E-state index is 12.3. The van der Waals surface area contributed by atoms with Crippen LogP contribution in [-0.4, -0.2) is 30.3 Å². The Morgan fingerprint density at radius 3 is 2.65 bits per heavy atom. The minimum Gasteiger partial charge on any atom is -0.341 e. The molecule has 1 aliphatic rings. The quantitative estimate of drug-likeness (QED) is 0.897. The zero-order chi connectivity index (χ0) is 14.7. The number of carbonyl (C=O) groups is 2. The predicted octanol–water partition coefficient (Wildman–Crippen LogP) is 2.76. The summed E-state index contributed by atoms with van der Waals surface area (Å²) in [5.74, 6) is 0.644. The van der Waals surface area contributed by atoms with Crippen LogP contribution in [0.2, 0.25) is 0 Å². The zero-order valence-electron chi connectivity index (χ0n) is 12.3. The van der Waals surface area contributed by atoms with Crippen LogP contribution in [0.4, 0.5) is 5.69 Å². The van der Waals surface area contributed by atoms with E-state index < -0.39 is 0 Å². The molecule has 1 N–H and O–H groups in total. The summed E-state index contributed by atoms with van der Waals surface area (Å²) in [6.45, 7) is 4.88. The SMILES string of the molecule is CC(C)CN(C)C(=O)c1cccc(NC(=O)C2CC2)c1. The molecule has 1 aromatic carbocycles. The van der Waals surface area contributed by atoms with Crippen LogP contribution in [0.25, 0.3) is 0 Å². The Hall–Kier alpha value is -1.84. The third-order valence-corrected chi connectivity index (χ3v) is 3.31. The van der Waals surface area contributed by atoms with Crippen LogP contribution < -0.4 is 5.32 Å². The van der Waals surface area contributed by atoms with E-state index in [-0.39, 0.29) is 17.7 Å². The first-order valence-corrected chi connectivity index (χ1v) is 7.13. The van der Waals surface area contributed by atoms with E-state index in [2.05, 4.69) is 19.2 Å². The fourth-order valence-corrected chi connectivity index (χ4v) is 2.17. The molecule has 1 aliphatic carbocycles. The molecule has 1 fully saturated rings. The molecule has 1 saturated carbocycles. The zero-order valence-corrected chi connectivity index (χ0v) is 12.3. The topological polar surface area (TPSA) is 49.4 Å². The maximum absolute atomic E-state index is 12.3. The molecule has 4 nitrogen and oxygen atoms in total. The standard InChI is InChI=1S/C16H22N2O2/c1-11(2)10-18(3)16(20)13-5-4-6-14(9-13)17-15(19)12-7-8-12/h4-6,9,11-12H,7-8,10H2,1-3H3,(H,17,19). The maximum Gasteiger partial charge on any atom is 0.253 e. The highest BCUT2D eigenvalue weighted by Crippen LogP contribution is 2.30. The predicted molar refractivity (Wildman–Crippen MR) is 79.6 cm³/mol. The molecule has 2 rings (SSSR count). The van der Waals surface area contributed by atoms with Crippen LogP contribution in [-0.2, 0) is 4.79 Å². The third-order valence-electron chi connectivity index (χ3n) is 3.31. The smallest absolute Gasteiger partial charge is 0.253 e. The fraction of sp³-hybridized carbons (Fsp3) is 0.500. The molecule has 0 heterocycles. The molecule has 108 valence electrons. The van der Waals surface area contributed by atoms with Crippen LogP contribution >= 0.6 is 0 Å². The van der Waals surface area contributed by atoms with Gasteiger partial charge in [0.15, 0.2) is 0 Å². The van der Waals surface area contributed by atoms with Gasteiger partial charge in [0.1, 0.15) is 0 Å². The molecule has 0 unspecified atom stereocenters. The summed E-state index contributed by atoms with van der Waals surface area (Å²) in [5.41, 5.74) is 1.31. The van der Waals surface area contributed by atoms with Crippen molar-refractivity contribution in [3.05, 3.63) is 29.8 Å². The highest BCUT2D eigenvalue weighted by atomic mass is 16.2. The Morgan fingerprint density at radius 2 is 2.05 bits per heavy atom. The first-order chi connectivity index (χ1) is 9.47. The van der Waals surface area contributed by atoms with Crippen molar-refractivity contribution in [2.24, 2.45) is 11.8 Å². The lowest BCUT2D eigenvalue weighted by Gasteiger charge is -2.19. The normalized spacial score (nSPS) is 14.2. The van der Waals surface area contributed by atoms with Gasteiger partial charge >= 0.3 is 0 Å². The van der Waals surface area contributed by atoms with E-state index in [0.717, 1.165) is 19.4 Å². The van der Waals surface area contributed by atoms with Crippen molar-refractivity contribution >= 4 is 17.5 Å². The van der Waals surface area contributed by atoms with Crippen LogP contribution in [0.15, 0.2) is 24.3 Å². The molecule has 0 aliphatic heterocycles. The minimum atomic E-state index is -0.0128. The average Bonchev–Trinajstić information content (AvgIpc) is 3.21. The molecule has 2 amide bonds. The number of nitrogens with one attached hydrogen (secondary N) is 1. The van der Waals surface area contributed by atoms with Gasteiger partial charge in [-0.2, -0.15) is 0 Å². The molecule has 0 aromatic heterocycles. The second-order valence-electron chi connectivity index (χ2n) is 5.92. The summed E-state index contributed by atoms with van der Waals surface area (Å²) in [4.78, 5) is 25.7. The highest BCUT2D eigenvalue weighted by molar-refractivity contribution is 5.98. The van der Waals surface area contributed by atoms with Crippen molar-refractivity contribution < 1.29 is 9.59 Å². The molecule has 0 bridgehead atoms. The van der Waals surface area contributed by atoms with Gasteiger partial charge in [0.05, 0.1) is 0 Å². The fourth-order valence-electron chi connectivity index (χ4n) is 2.17. The van der Waals surface area contributed by atoms with Crippen LogP contribution in [0, 0.1) is 11.8 Å². The number of hydrogen-bond acceptors (Lipinski definition) is 2. The molecule has 0 saturated heterocycles. The van der Waals surface area contributed by atoms with E-state index >= 15 is 0 Å². The molecule has 20 heavy (non-hydrogen) atoms. The number of nitrogens with zero attached hydrogens (tertiary/aromatic N) is 1. The highest BCUT2D eigenvalue weighted by Gasteiger charge is 2.29. The number of rotatable bonds is 5. The number of amides is 2. The molecule has 0 radical (unpaired) electrons. The summed E-state index contributed by atoms with van der Waals surface area (Å²) in [6.07, 6.45) is 1.95. The second-order valence-corrected chi connectivity index (χ2v) is 5.92. The summed E-state index contributed by atoms with van der Waals surface area (Å²) >= 11 is 0. The largest absolute Gasteiger partial charge is 0.341 e. The molecular weight excluding hydrogens is 252 g/mol. The number of carbonyl (C=O) groups excluding carboxylic acids is 2. The Kier molecular flexibility index (Phi) is 4.42. The van der Waals surface area contributed by atoms with E-state index in [0.29, 0.717) is 17.2 Å². The van der Waals surface area contributed by atoms with Gasteiger partial charge < -0.3 is 10.2 Å². The summed E-state index contributed by atoms with van der Waals surface area (Å²) < 4.78 is 0.